The highest BCUT2D eigenvalue weighted by Gasteiger charge is 2.16. The van der Waals surface area contributed by atoms with Crippen LogP contribution < -0.4 is 0 Å². The maximum Gasteiger partial charge on any atom is 0.0846 e. The van der Waals surface area contributed by atoms with E-state index in [9.17, 15) is 0 Å². The van der Waals surface area contributed by atoms with Crippen molar-refractivity contribution in [2.75, 3.05) is 0 Å². The molecule has 0 saturated carbocycles. The van der Waals surface area contributed by atoms with Crippen molar-refractivity contribution in [2.24, 2.45) is 0 Å². The normalized spacial score (nSPS) is 12.8. The lowest BCUT2D eigenvalue weighted by Gasteiger charge is -2.11. The first-order chi connectivity index (χ1) is 7.99. The van der Waals surface area contributed by atoms with E-state index in [-0.39, 0.29) is 5.38 Å². The Kier molecular flexibility index (Phi) is 3.82. The van der Waals surface area contributed by atoms with Gasteiger partial charge < -0.3 is 0 Å². The number of benzene rings is 1. The van der Waals surface area contributed by atoms with Gasteiger partial charge >= 0.3 is 0 Å². The van der Waals surface area contributed by atoms with Crippen LogP contribution in [-0.2, 0) is 0 Å². The zero-order valence-corrected chi connectivity index (χ0v) is 12.4. The van der Waals surface area contributed by atoms with Crippen LogP contribution in [-0.4, -0.2) is 0 Å². The van der Waals surface area contributed by atoms with Gasteiger partial charge in [0.15, 0.2) is 0 Å². The third-order valence-corrected chi connectivity index (χ3v) is 4.72. The Morgan fingerprint density at radius 2 is 1.82 bits per heavy atom. The Hall–Kier alpha value is -0.500. The van der Waals surface area contributed by atoms with Crippen molar-refractivity contribution in [1.82, 2.24) is 0 Å². The van der Waals surface area contributed by atoms with Crippen LogP contribution in [0.2, 0.25) is 5.02 Å². The van der Waals surface area contributed by atoms with Crippen LogP contribution in [0.15, 0.2) is 24.3 Å². The minimum atomic E-state index is -0.113. The van der Waals surface area contributed by atoms with E-state index in [2.05, 4.69) is 19.9 Å². The number of thiophene rings is 1. The summed E-state index contributed by atoms with van der Waals surface area (Å²) in [7, 11) is 0. The topological polar surface area (TPSA) is 0 Å². The SMILES string of the molecule is Cc1cc(C(Cl)c2ccc(C)c(Cl)c2)c(C)s1. The van der Waals surface area contributed by atoms with Gasteiger partial charge in [0.1, 0.15) is 0 Å². The van der Waals surface area contributed by atoms with Crippen LogP contribution in [0.1, 0.15) is 31.8 Å². The van der Waals surface area contributed by atoms with Crippen LogP contribution in [0, 0.1) is 20.8 Å². The van der Waals surface area contributed by atoms with Gasteiger partial charge in [-0.3, -0.25) is 0 Å². The van der Waals surface area contributed by atoms with Gasteiger partial charge in [-0.05, 0) is 49.6 Å². The summed E-state index contributed by atoms with van der Waals surface area (Å²) >= 11 is 14.4. The van der Waals surface area contributed by atoms with E-state index in [1.165, 1.54) is 15.3 Å². The highest BCUT2D eigenvalue weighted by molar-refractivity contribution is 7.12. The number of hydrogen-bond acceptors (Lipinski definition) is 1. The van der Waals surface area contributed by atoms with Crippen LogP contribution >= 0.6 is 34.5 Å². The Labute approximate surface area is 116 Å². The molecule has 0 radical (unpaired) electrons. The van der Waals surface area contributed by atoms with Crippen molar-refractivity contribution >= 4 is 34.5 Å². The molecule has 0 N–H and O–H groups in total. The third kappa shape index (κ3) is 2.67. The fourth-order valence-corrected chi connectivity index (χ4v) is 3.43. The van der Waals surface area contributed by atoms with Crippen molar-refractivity contribution in [1.29, 1.82) is 0 Å². The first kappa shape index (κ1) is 12.9. The first-order valence-electron chi connectivity index (χ1n) is 5.46. The minimum Gasteiger partial charge on any atom is -0.146 e. The Morgan fingerprint density at radius 1 is 1.12 bits per heavy atom. The lowest BCUT2D eigenvalue weighted by molar-refractivity contribution is 1.13. The summed E-state index contributed by atoms with van der Waals surface area (Å²) in [6, 6.07) is 8.18. The summed E-state index contributed by atoms with van der Waals surface area (Å²) in [6.45, 7) is 6.21. The van der Waals surface area contributed by atoms with E-state index in [0.29, 0.717) is 0 Å². The van der Waals surface area contributed by atoms with Crippen molar-refractivity contribution in [3.63, 3.8) is 0 Å². The molecule has 0 aliphatic heterocycles. The lowest BCUT2D eigenvalue weighted by atomic mass is 10.0. The molecule has 2 rings (SSSR count). The van der Waals surface area contributed by atoms with Gasteiger partial charge in [-0.25, -0.2) is 0 Å². The number of alkyl halides is 1. The summed E-state index contributed by atoms with van der Waals surface area (Å²) in [5.74, 6) is 0. The molecule has 1 aromatic heterocycles. The monoisotopic (exact) mass is 284 g/mol. The summed E-state index contributed by atoms with van der Waals surface area (Å²) in [6.07, 6.45) is 0. The van der Waals surface area contributed by atoms with Gasteiger partial charge in [0.25, 0.3) is 0 Å². The number of halogens is 2. The molecule has 0 amide bonds. The highest BCUT2D eigenvalue weighted by atomic mass is 35.5. The molecule has 0 aliphatic rings. The average molecular weight is 285 g/mol. The van der Waals surface area contributed by atoms with E-state index in [4.69, 9.17) is 23.2 Å². The van der Waals surface area contributed by atoms with Gasteiger partial charge in [0, 0.05) is 14.8 Å². The summed E-state index contributed by atoms with van der Waals surface area (Å²) in [5, 5.41) is 0.663. The molecule has 0 aliphatic carbocycles. The third-order valence-electron chi connectivity index (χ3n) is 2.84. The molecule has 0 saturated heterocycles. The molecule has 0 spiro atoms. The van der Waals surface area contributed by atoms with Crippen LogP contribution in [0.5, 0.6) is 0 Å². The summed E-state index contributed by atoms with van der Waals surface area (Å²) in [5.41, 5.74) is 3.33. The minimum absolute atomic E-state index is 0.113. The van der Waals surface area contributed by atoms with E-state index in [1.807, 2.05) is 25.1 Å². The van der Waals surface area contributed by atoms with Crippen molar-refractivity contribution in [3.05, 3.63) is 55.7 Å². The molecule has 90 valence electrons. The van der Waals surface area contributed by atoms with Crippen molar-refractivity contribution in [2.45, 2.75) is 26.1 Å². The zero-order valence-electron chi connectivity index (χ0n) is 10.1. The van der Waals surface area contributed by atoms with Gasteiger partial charge in [0.05, 0.1) is 5.38 Å². The molecular weight excluding hydrogens is 271 g/mol. The van der Waals surface area contributed by atoms with Crippen LogP contribution in [0.3, 0.4) is 0 Å². The molecule has 0 fully saturated rings. The van der Waals surface area contributed by atoms with E-state index < -0.39 is 0 Å². The maximum absolute atomic E-state index is 6.52. The molecule has 0 nitrogen and oxygen atoms in total. The second-order valence-corrected chi connectivity index (χ2v) is 6.54. The van der Waals surface area contributed by atoms with Crippen LogP contribution in [0.4, 0.5) is 0 Å². The van der Waals surface area contributed by atoms with Crippen molar-refractivity contribution < 1.29 is 0 Å². The molecule has 1 atom stereocenters. The van der Waals surface area contributed by atoms with E-state index >= 15 is 0 Å². The molecule has 2 aromatic rings. The van der Waals surface area contributed by atoms with Crippen molar-refractivity contribution in [3.8, 4) is 0 Å². The predicted molar refractivity (Wildman–Crippen MR) is 77.7 cm³/mol. The second-order valence-electron chi connectivity index (χ2n) is 4.24. The molecule has 1 unspecified atom stereocenters. The van der Waals surface area contributed by atoms with E-state index in [0.717, 1.165) is 16.1 Å². The second kappa shape index (κ2) is 5.01. The maximum atomic E-state index is 6.52. The fourth-order valence-electron chi connectivity index (χ4n) is 1.85. The summed E-state index contributed by atoms with van der Waals surface area (Å²) < 4.78 is 0. The number of rotatable bonds is 2. The standard InChI is InChI=1S/C14H14Cl2S/c1-8-4-5-11(7-13(8)15)14(16)12-6-9(2)17-10(12)3/h4-7,14H,1-3H3. The largest absolute Gasteiger partial charge is 0.146 e. The average Bonchev–Trinajstić information content (AvgIpc) is 2.61. The molecule has 3 heteroatoms. The van der Waals surface area contributed by atoms with Gasteiger partial charge in [-0.15, -0.1) is 22.9 Å². The van der Waals surface area contributed by atoms with E-state index in [1.54, 1.807) is 11.3 Å². The molecule has 1 aromatic carbocycles. The Balaban J connectivity index is 2.40. The highest BCUT2D eigenvalue weighted by Crippen LogP contribution is 2.36. The van der Waals surface area contributed by atoms with Gasteiger partial charge in [0.2, 0.25) is 0 Å². The molecule has 1 heterocycles. The predicted octanol–water partition coefficient (Wildman–Crippen LogP) is 5.65. The number of hydrogen-bond donors (Lipinski definition) is 0. The molecule has 0 bridgehead atoms. The molecule has 17 heavy (non-hydrogen) atoms. The first-order valence-corrected chi connectivity index (χ1v) is 7.09. The van der Waals surface area contributed by atoms with Crippen LogP contribution in [0.25, 0.3) is 0 Å². The summed E-state index contributed by atoms with van der Waals surface area (Å²) in [4.78, 5) is 2.57. The zero-order chi connectivity index (χ0) is 12.6. The Bertz CT molecular complexity index is 543. The molecular formula is C14H14Cl2S. The number of aryl methyl sites for hydroxylation is 3. The lowest BCUT2D eigenvalue weighted by Crippen LogP contribution is -1.93. The fraction of sp³-hybridized carbons (Fsp3) is 0.286. The smallest absolute Gasteiger partial charge is 0.0846 e. The van der Waals surface area contributed by atoms with Gasteiger partial charge in [-0.2, -0.15) is 0 Å². The quantitative estimate of drug-likeness (QED) is 0.625. The van der Waals surface area contributed by atoms with Gasteiger partial charge in [-0.1, -0.05) is 23.7 Å². The Morgan fingerprint density at radius 3 is 2.35 bits per heavy atom.